The lowest BCUT2D eigenvalue weighted by Gasteiger charge is -2.14. The van der Waals surface area contributed by atoms with Gasteiger partial charge < -0.3 is 10.2 Å². The Balaban J connectivity index is 3.78. The van der Waals surface area contributed by atoms with Gasteiger partial charge in [-0.05, 0) is 0 Å². The van der Waals surface area contributed by atoms with Gasteiger partial charge in [0, 0.05) is 26.4 Å². The molecule has 0 aliphatic heterocycles. The van der Waals surface area contributed by atoms with Crippen LogP contribution in [0.1, 0.15) is 6.42 Å². The molecule has 0 aromatic rings. The second-order valence-corrected chi connectivity index (χ2v) is 2.74. The highest BCUT2D eigenvalue weighted by Gasteiger charge is 2.10. The van der Waals surface area contributed by atoms with Crippen molar-refractivity contribution >= 4 is 23.4 Å². The van der Waals surface area contributed by atoms with Crippen LogP contribution in [0.15, 0.2) is 0 Å². The molecule has 1 N–H and O–H groups in total. The van der Waals surface area contributed by atoms with Crippen LogP contribution in [0.4, 0.5) is 0 Å². The average Bonchev–Trinajstić information content (AvgIpc) is 2.04. The quantitative estimate of drug-likeness (QED) is 0.629. The Hall–Kier alpha value is -0.770. The summed E-state index contributed by atoms with van der Waals surface area (Å²) < 4.78 is 0. The molecule has 0 aliphatic rings. The fourth-order valence-corrected chi connectivity index (χ4v) is 0.816. The summed E-state index contributed by atoms with van der Waals surface area (Å²) in [7, 11) is 3.10. The molecule has 0 aliphatic carbocycles. The van der Waals surface area contributed by atoms with E-state index in [9.17, 15) is 9.59 Å². The molecule has 12 heavy (non-hydrogen) atoms. The molecule has 0 aromatic heterocycles. The van der Waals surface area contributed by atoms with Gasteiger partial charge in [-0.15, -0.1) is 11.6 Å². The Morgan fingerprint density at radius 1 is 1.50 bits per heavy atom. The molecular formula is C7H13ClN2O2. The smallest absolute Gasteiger partial charge is 0.239 e. The summed E-state index contributed by atoms with van der Waals surface area (Å²) in [4.78, 5) is 23.2. The van der Waals surface area contributed by atoms with E-state index in [1.165, 1.54) is 11.9 Å². The maximum Gasteiger partial charge on any atom is 0.239 e. The van der Waals surface area contributed by atoms with Gasteiger partial charge in [0.2, 0.25) is 11.8 Å². The highest BCUT2D eigenvalue weighted by molar-refractivity contribution is 6.18. The van der Waals surface area contributed by atoms with E-state index in [1.54, 1.807) is 7.05 Å². The number of amides is 2. The topological polar surface area (TPSA) is 49.4 Å². The number of likely N-dealkylation sites (N-methyl/N-ethyl adjacent to an activating group) is 2. The summed E-state index contributed by atoms with van der Waals surface area (Å²) >= 11 is 5.36. The van der Waals surface area contributed by atoms with Crippen LogP contribution in [-0.2, 0) is 9.59 Å². The molecule has 0 bridgehead atoms. The average molecular weight is 193 g/mol. The number of hydrogen-bond acceptors (Lipinski definition) is 2. The number of nitrogens with one attached hydrogen (secondary N) is 1. The third-order valence-corrected chi connectivity index (χ3v) is 1.58. The molecular weight excluding hydrogens is 180 g/mol. The van der Waals surface area contributed by atoms with Crippen molar-refractivity contribution < 1.29 is 9.59 Å². The van der Waals surface area contributed by atoms with Crippen LogP contribution in [0.3, 0.4) is 0 Å². The zero-order valence-corrected chi connectivity index (χ0v) is 8.02. The first-order valence-electron chi connectivity index (χ1n) is 3.62. The first kappa shape index (κ1) is 11.2. The Morgan fingerprint density at radius 3 is 2.50 bits per heavy atom. The maximum atomic E-state index is 11.1. The number of carbonyl (C=O) groups excluding carboxylic acids is 2. The van der Waals surface area contributed by atoms with Crippen molar-refractivity contribution in [3.05, 3.63) is 0 Å². The molecule has 0 rings (SSSR count). The number of nitrogens with zero attached hydrogens (tertiary/aromatic N) is 1. The number of carbonyl (C=O) groups is 2. The van der Waals surface area contributed by atoms with Crippen molar-refractivity contribution in [1.82, 2.24) is 10.2 Å². The second-order valence-electron chi connectivity index (χ2n) is 2.36. The fraction of sp³-hybridized carbons (Fsp3) is 0.714. The molecule has 0 saturated carbocycles. The second kappa shape index (κ2) is 5.83. The van der Waals surface area contributed by atoms with Gasteiger partial charge in [0.15, 0.2) is 0 Å². The van der Waals surface area contributed by atoms with Crippen molar-refractivity contribution in [2.45, 2.75) is 6.42 Å². The molecule has 0 unspecified atom stereocenters. The molecule has 0 atom stereocenters. The van der Waals surface area contributed by atoms with E-state index in [0.29, 0.717) is 0 Å². The van der Waals surface area contributed by atoms with E-state index in [2.05, 4.69) is 5.32 Å². The van der Waals surface area contributed by atoms with Gasteiger partial charge in [-0.25, -0.2) is 0 Å². The third kappa shape index (κ3) is 4.18. The molecule has 0 saturated heterocycles. The van der Waals surface area contributed by atoms with Crippen LogP contribution in [-0.4, -0.2) is 43.2 Å². The van der Waals surface area contributed by atoms with Crippen LogP contribution in [0.5, 0.6) is 0 Å². The van der Waals surface area contributed by atoms with Crippen molar-refractivity contribution in [3.8, 4) is 0 Å². The molecule has 0 heterocycles. The van der Waals surface area contributed by atoms with Crippen LogP contribution < -0.4 is 5.32 Å². The minimum Gasteiger partial charge on any atom is -0.358 e. The summed E-state index contributed by atoms with van der Waals surface area (Å²) in [6.07, 6.45) is 0.273. The van der Waals surface area contributed by atoms with Crippen LogP contribution in [0.25, 0.3) is 0 Å². The zero-order valence-electron chi connectivity index (χ0n) is 7.26. The molecule has 5 heteroatoms. The fourth-order valence-electron chi connectivity index (χ4n) is 0.654. The maximum absolute atomic E-state index is 11.1. The molecule has 70 valence electrons. The standard InChI is InChI=1S/C7H13ClN2O2/c1-9-6(11)5-10(2)7(12)3-4-8/h3-5H2,1-2H3,(H,9,11). The van der Waals surface area contributed by atoms with E-state index in [4.69, 9.17) is 11.6 Å². The van der Waals surface area contributed by atoms with Gasteiger partial charge in [-0.1, -0.05) is 0 Å². The van der Waals surface area contributed by atoms with Crippen molar-refractivity contribution in [1.29, 1.82) is 0 Å². The Bertz CT molecular complexity index is 173. The van der Waals surface area contributed by atoms with E-state index in [1.807, 2.05) is 0 Å². The van der Waals surface area contributed by atoms with Gasteiger partial charge >= 0.3 is 0 Å². The van der Waals surface area contributed by atoms with Gasteiger partial charge in [-0.3, -0.25) is 9.59 Å². The van der Waals surface area contributed by atoms with Crippen LogP contribution in [0.2, 0.25) is 0 Å². The normalized spacial score (nSPS) is 9.25. The summed E-state index contributed by atoms with van der Waals surface area (Å²) in [5.74, 6) is -0.00859. The van der Waals surface area contributed by atoms with E-state index in [0.717, 1.165) is 0 Å². The lowest BCUT2D eigenvalue weighted by Crippen LogP contribution is -2.36. The van der Waals surface area contributed by atoms with Crippen LogP contribution in [0, 0.1) is 0 Å². The minimum atomic E-state index is -0.180. The summed E-state index contributed by atoms with van der Waals surface area (Å²) in [5.41, 5.74) is 0. The first-order valence-corrected chi connectivity index (χ1v) is 4.15. The first-order chi connectivity index (χ1) is 5.61. The highest BCUT2D eigenvalue weighted by atomic mass is 35.5. The van der Waals surface area contributed by atoms with Crippen molar-refractivity contribution in [3.63, 3.8) is 0 Å². The predicted octanol–water partition coefficient (Wildman–Crippen LogP) is -0.180. The number of alkyl halides is 1. The zero-order chi connectivity index (χ0) is 9.56. The molecule has 0 radical (unpaired) electrons. The van der Waals surface area contributed by atoms with Crippen molar-refractivity contribution in [2.75, 3.05) is 26.5 Å². The number of hydrogen-bond donors (Lipinski definition) is 1. The van der Waals surface area contributed by atoms with Gasteiger partial charge in [0.05, 0.1) is 6.54 Å². The molecule has 0 aromatic carbocycles. The van der Waals surface area contributed by atoms with E-state index >= 15 is 0 Å². The Labute approximate surface area is 76.9 Å². The van der Waals surface area contributed by atoms with Gasteiger partial charge in [0.1, 0.15) is 0 Å². The predicted molar refractivity (Wildman–Crippen MR) is 47.0 cm³/mol. The Kier molecular flexibility index (Phi) is 5.45. The summed E-state index contributed by atoms with van der Waals surface area (Å²) in [6, 6.07) is 0. The number of rotatable bonds is 4. The lowest BCUT2D eigenvalue weighted by atomic mass is 10.4. The highest BCUT2D eigenvalue weighted by Crippen LogP contribution is 1.92. The number of halogens is 1. The Morgan fingerprint density at radius 2 is 2.08 bits per heavy atom. The summed E-state index contributed by atoms with van der Waals surface area (Å²) in [6.45, 7) is 0.0895. The van der Waals surface area contributed by atoms with Gasteiger partial charge in [-0.2, -0.15) is 0 Å². The van der Waals surface area contributed by atoms with Gasteiger partial charge in [0.25, 0.3) is 0 Å². The molecule has 0 spiro atoms. The van der Waals surface area contributed by atoms with E-state index < -0.39 is 0 Å². The van der Waals surface area contributed by atoms with Crippen molar-refractivity contribution in [2.24, 2.45) is 0 Å². The molecule has 0 fully saturated rings. The molecule has 2 amide bonds. The molecule has 4 nitrogen and oxygen atoms in total. The minimum absolute atomic E-state index is 0.0895. The lowest BCUT2D eigenvalue weighted by molar-refractivity contribution is -0.134. The van der Waals surface area contributed by atoms with Crippen LogP contribution >= 0.6 is 11.6 Å². The SMILES string of the molecule is CNC(=O)CN(C)C(=O)CCCl. The van der Waals surface area contributed by atoms with E-state index in [-0.39, 0.29) is 30.7 Å². The largest absolute Gasteiger partial charge is 0.358 e. The monoisotopic (exact) mass is 192 g/mol. The summed E-state index contributed by atoms with van der Waals surface area (Å²) in [5, 5.41) is 2.43. The third-order valence-electron chi connectivity index (χ3n) is 1.39.